The molecule has 0 saturated carbocycles. The lowest BCUT2D eigenvalue weighted by Crippen LogP contribution is -2.29. The average molecular weight is 478 g/mol. The monoisotopic (exact) mass is 477 g/mol. The summed E-state index contributed by atoms with van der Waals surface area (Å²) in [6, 6.07) is 12.2. The first-order valence-electron chi connectivity index (χ1n) is 11.9. The second kappa shape index (κ2) is 11.1. The molecule has 2 N–H and O–H groups in total. The minimum absolute atomic E-state index is 0.328. The molecule has 0 bridgehead atoms. The zero-order valence-electron chi connectivity index (χ0n) is 19.9. The fourth-order valence-electron chi connectivity index (χ4n) is 4.56. The predicted octanol–water partition coefficient (Wildman–Crippen LogP) is 4.30. The summed E-state index contributed by atoms with van der Waals surface area (Å²) < 4.78 is 0. The SMILES string of the molecule is CC(C(N)=O)c1ccccc1CCc1nc(Cc2ccc(C3CCN(C)CC3)nc2)ncc1Cl. The number of aryl methyl sites for hydroxylation is 2. The number of primary amides is 1. The van der Waals surface area contributed by atoms with E-state index in [4.69, 9.17) is 27.3 Å². The van der Waals surface area contributed by atoms with Gasteiger partial charge in [-0.1, -0.05) is 41.9 Å². The van der Waals surface area contributed by atoms with Crippen molar-refractivity contribution >= 4 is 17.5 Å². The van der Waals surface area contributed by atoms with Crippen molar-refractivity contribution in [3.63, 3.8) is 0 Å². The number of aromatic nitrogens is 3. The number of hydrogen-bond donors (Lipinski definition) is 1. The summed E-state index contributed by atoms with van der Waals surface area (Å²) in [6.45, 7) is 4.09. The zero-order valence-corrected chi connectivity index (χ0v) is 20.6. The van der Waals surface area contributed by atoms with Gasteiger partial charge in [0.2, 0.25) is 5.91 Å². The number of nitrogens with two attached hydrogens (primary N) is 1. The molecule has 1 unspecified atom stereocenters. The van der Waals surface area contributed by atoms with Crippen LogP contribution in [-0.2, 0) is 24.1 Å². The van der Waals surface area contributed by atoms with Gasteiger partial charge in [-0.05, 0) is 75.5 Å². The van der Waals surface area contributed by atoms with E-state index < -0.39 is 0 Å². The molecule has 2 aromatic heterocycles. The van der Waals surface area contributed by atoms with E-state index in [1.54, 1.807) is 6.20 Å². The van der Waals surface area contributed by atoms with Crippen LogP contribution in [0.15, 0.2) is 48.8 Å². The van der Waals surface area contributed by atoms with Crippen LogP contribution in [0, 0.1) is 0 Å². The molecule has 0 spiro atoms. The van der Waals surface area contributed by atoms with E-state index in [1.807, 2.05) is 37.4 Å². The quantitative estimate of drug-likeness (QED) is 0.522. The van der Waals surface area contributed by atoms with Crippen LogP contribution in [0.5, 0.6) is 0 Å². The van der Waals surface area contributed by atoms with Gasteiger partial charge in [0.1, 0.15) is 5.82 Å². The summed E-state index contributed by atoms with van der Waals surface area (Å²) in [5, 5.41) is 0.555. The van der Waals surface area contributed by atoms with Crippen molar-refractivity contribution in [2.45, 2.75) is 50.9 Å². The Hall–Kier alpha value is -2.83. The van der Waals surface area contributed by atoms with Crippen LogP contribution in [0.1, 0.15) is 65.5 Å². The maximum Gasteiger partial charge on any atom is 0.224 e. The second-order valence-electron chi connectivity index (χ2n) is 9.25. The molecule has 1 aromatic carbocycles. The van der Waals surface area contributed by atoms with Crippen LogP contribution < -0.4 is 5.73 Å². The molecule has 1 amide bonds. The average Bonchev–Trinajstić information content (AvgIpc) is 2.85. The molecule has 1 atom stereocenters. The van der Waals surface area contributed by atoms with Crippen molar-refractivity contribution in [3.8, 4) is 0 Å². The minimum atomic E-state index is -0.336. The highest BCUT2D eigenvalue weighted by Gasteiger charge is 2.19. The van der Waals surface area contributed by atoms with Gasteiger partial charge < -0.3 is 10.6 Å². The van der Waals surface area contributed by atoms with Crippen molar-refractivity contribution in [2.75, 3.05) is 20.1 Å². The van der Waals surface area contributed by atoms with E-state index in [2.05, 4.69) is 29.1 Å². The molecule has 0 radical (unpaired) electrons. The van der Waals surface area contributed by atoms with Crippen LogP contribution in [-0.4, -0.2) is 45.9 Å². The molecule has 4 rings (SSSR count). The smallest absolute Gasteiger partial charge is 0.224 e. The number of amides is 1. The van der Waals surface area contributed by atoms with E-state index in [0.29, 0.717) is 23.8 Å². The van der Waals surface area contributed by atoms with Crippen molar-refractivity contribution in [3.05, 3.63) is 87.7 Å². The Morgan fingerprint density at radius 1 is 1.12 bits per heavy atom. The van der Waals surface area contributed by atoms with Crippen LogP contribution in [0.25, 0.3) is 0 Å². The first-order valence-corrected chi connectivity index (χ1v) is 12.3. The van der Waals surface area contributed by atoms with Crippen molar-refractivity contribution in [1.29, 1.82) is 0 Å². The number of carbonyl (C=O) groups excluding carboxylic acids is 1. The van der Waals surface area contributed by atoms with Crippen LogP contribution >= 0.6 is 11.6 Å². The van der Waals surface area contributed by atoms with Crippen LogP contribution in [0.4, 0.5) is 0 Å². The number of carbonyl (C=O) groups is 1. The van der Waals surface area contributed by atoms with Gasteiger partial charge in [-0.2, -0.15) is 0 Å². The standard InChI is InChI=1S/C27H32ClN5O/c1-18(27(29)34)22-6-4-3-5-20(22)8-10-25-23(28)17-31-26(32-25)15-19-7-9-24(30-16-19)21-11-13-33(2)14-12-21/h3-7,9,16-18,21H,8,10-15H2,1-2H3,(H2,29,34). The molecule has 1 aliphatic heterocycles. The number of pyridine rings is 1. The van der Waals surface area contributed by atoms with Crippen LogP contribution in [0.3, 0.4) is 0 Å². The van der Waals surface area contributed by atoms with E-state index in [-0.39, 0.29) is 11.8 Å². The van der Waals surface area contributed by atoms with Gasteiger partial charge in [0, 0.05) is 30.4 Å². The second-order valence-corrected chi connectivity index (χ2v) is 9.66. The summed E-state index contributed by atoms with van der Waals surface area (Å²) in [5.41, 5.74) is 10.6. The number of piperidine rings is 1. The van der Waals surface area contributed by atoms with Gasteiger partial charge in [-0.3, -0.25) is 9.78 Å². The van der Waals surface area contributed by atoms with E-state index in [9.17, 15) is 4.79 Å². The van der Waals surface area contributed by atoms with E-state index in [0.717, 1.165) is 60.6 Å². The first kappa shape index (κ1) is 24.3. The van der Waals surface area contributed by atoms with Crippen molar-refractivity contribution < 1.29 is 4.79 Å². The van der Waals surface area contributed by atoms with Gasteiger partial charge in [-0.25, -0.2) is 9.97 Å². The van der Waals surface area contributed by atoms with Crippen molar-refractivity contribution in [1.82, 2.24) is 19.9 Å². The summed E-state index contributed by atoms with van der Waals surface area (Å²) in [5.74, 6) is 0.610. The van der Waals surface area contributed by atoms with Gasteiger partial charge in [0.15, 0.2) is 0 Å². The Labute approximate surface area is 206 Å². The molecule has 34 heavy (non-hydrogen) atoms. The minimum Gasteiger partial charge on any atom is -0.369 e. The Kier molecular flexibility index (Phi) is 7.91. The number of likely N-dealkylation sites (tertiary alicyclic amines) is 1. The number of benzene rings is 1. The Balaban J connectivity index is 1.42. The lowest BCUT2D eigenvalue weighted by Gasteiger charge is -2.28. The van der Waals surface area contributed by atoms with E-state index in [1.165, 1.54) is 5.69 Å². The van der Waals surface area contributed by atoms with Gasteiger partial charge in [0.05, 0.1) is 16.6 Å². The van der Waals surface area contributed by atoms with E-state index >= 15 is 0 Å². The molecular formula is C27H32ClN5O. The Morgan fingerprint density at radius 2 is 1.88 bits per heavy atom. The first-order chi connectivity index (χ1) is 16.4. The lowest BCUT2D eigenvalue weighted by molar-refractivity contribution is -0.119. The van der Waals surface area contributed by atoms with Crippen molar-refractivity contribution in [2.24, 2.45) is 5.73 Å². The van der Waals surface area contributed by atoms with Gasteiger partial charge in [0.25, 0.3) is 0 Å². The van der Waals surface area contributed by atoms with Crippen LogP contribution in [0.2, 0.25) is 5.02 Å². The normalized spacial score (nSPS) is 15.9. The third kappa shape index (κ3) is 5.99. The summed E-state index contributed by atoms with van der Waals surface area (Å²) >= 11 is 6.42. The van der Waals surface area contributed by atoms with Gasteiger partial charge in [-0.15, -0.1) is 0 Å². The number of nitrogens with zero attached hydrogens (tertiary/aromatic N) is 4. The highest BCUT2D eigenvalue weighted by Crippen LogP contribution is 2.26. The molecule has 1 aliphatic rings. The fourth-order valence-corrected chi connectivity index (χ4v) is 4.75. The highest BCUT2D eigenvalue weighted by molar-refractivity contribution is 6.31. The molecule has 3 heterocycles. The molecule has 1 fully saturated rings. The summed E-state index contributed by atoms with van der Waals surface area (Å²) in [4.78, 5) is 28.0. The zero-order chi connectivity index (χ0) is 24.1. The Morgan fingerprint density at radius 3 is 2.59 bits per heavy atom. The summed E-state index contributed by atoms with van der Waals surface area (Å²) in [7, 11) is 2.17. The maximum absolute atomic E-state index is 11.7. The molecule has 6 nitrogen and oxygen atoms in total. The summed E-state index contributed by atoms with van der Waals surface area (Å²) in [6.07, 6.45) is 7.94. The lowest BCUT2D eigenvalue weighted by atomic mass is 9.92. The molecular weight excluding hydrogens is 446 g/mol. The maximum atomic E-state index is 11.7. The third-order valence-corrected chi connectivity index (χ3v) is 7.11. The molecule has 1 saturated heterocycles. The molecule has 7 heteroatoms. The number of rotatable bonds is 8. The number of halogens is 1. The fraction of sp³-hybridized carbons (Fsp3) is 0.407. The number of hydrogen-bond acceptors (Lipinski definition) is 5. The predicted molar refractivity (Wildman–Crippen MR) is 135 cm³/mol. The largest absolute Gasteiger partial charge is 0.369 e. The Bertz CT molecular complexity index is 1130. The molecule has 3 aromatic rings. The topological polar surface area (TPSA) is 85.0 Å². The molecule has 0 aliphatic carbocycles. The van der Waals surface area contributed by atoms with Gasteiger partial charge >= 0.3 is 0 Å². The molecule has 178 valence electrons. The highest BCUT2D eigenvalue weighted by atomic mass is 35.5. The third-order valence-electron chi connectivity index (χ3n) is 6.79.